The van der Waals surface area contributed by atoms with Crippen LogP contribution in [-0.2, 0) is 10.0 Å². The fourth-order valence-electron chi connectivity index (χ4n) is 1.79. The minimum Gasteiger partial charge on any atom is -0.278 e. The molecule has 2 aromatic rings. The van der Waals surface area contributed by atoms with Crippen molar-refractivity contribution >= 4 is 39.1 Å². The van der Waals surface area contributed by atoms with E-state index in [2.05, 4.69) is 4.72 Å². The first kappa shape index (κ1) is 15.2. The summed E-state index contributed by atoms with van der Waals surface area (Å²) in [5.41, 5.74) is 1.22. The molecule has 6 heteroatoms. The zero-order chi connectivity index (χ0) is 14.8. The van der Waals surface area contributed by atoms with Gasteiger partial charge in [0.1, 0.15) is 0 Å². The van der Waals surface area contributed by atoms with Gasteiger partial charge in [-0.25, -0.2) is 8.42 Å². The Morgan fingerprint density at radius 1 is 1.15 bits per heavy atom. The largest absolute Gasteiger partial charge is 0.278 e. The molecule has 0 spiro atoms. The third-order valence-electron chi connectivity index (χ3n) is 2.79. The van der Waals surface area contributed by atoms with E-state index in [4.69, 9.17) is 11.6 Å². The van der Waals surface area contributed by atoms with Gasteiger partial charge in [0.05, 0.1) is 10.6 Å². The van der Waals surface area contributed by atoms with Crippen LogP contribution < -0.4 is 4.72 Å². The Bertz CT molecular complexity index is 730. The zero-order valence-electron chi connectivity index (χ0n) is 11.1. The van der Waals surface area contributed by atoms with Crippen molar-refractivity contribution in [3.8, 4) is 0 Å². The molecule has 0 aliphatic rings. The molecule has 0 saturated carbocycles. The third kappa shape index (κ3) is 3.29. The molecule has 0 bridgehead atoms. The number of nitrogens with one attached hydrogen (secondary N) is 1. The Labute approximate surface area is 128 Å². The Morgan fingerprint density at radius 3 is 2.55 bits per heavy atom. The van der Waals surface area contributed by atoms with Crippen LogP contribution in [-0.4, -0.2) is 14.7 Å². The highest BCUT2D eigenvalue weighted by Crippen LogP contribution is 2.28. The molecule has 0 aliphatic heterocycles. The lowest BCUT2D eigenvalue weighted by molar-refractivity contribution is 0.600. The van der Waals surface area contributed by atoms with Gasteiger partial charge in [0.25, 0.3) is 10.0 Å². The first-order valence-electron chi connectivity index (χ1n) is 5.86. The number of aryl methyl sites for hydroxylation is 1. The van der Waals surface area contributed by atoms with Crippen LogP contribution in [0.3, 0.4) is 0 Å². The molecule has 0 aromatic heterocycles. The lowest BCUT2D eigenvalue weighted by atomic mass is 10.2. The Balaban J connectivity index is 2.43. The molecular weight excluding hydrogens is 314 g/mol. The highest BCUT2D eigenvalue weighted by atomic mass is 35.5. The van der Waals surface area contributed by atoms with Crippen molar-refractivity contribution in [2.75, 3.05) is 11.0 Å². The zero-order valence-corrected chi connectivity index (χ0v) is 13.4. The lowest BCUT2D eigenvalue weighted by Gasteiger charge is -2.13. The highest BCUT2D eigenvalue weighted by Gasteiger charge is 2.18. The lowest BCUT2D eigenvalue weighted by Crippen LogP contribution is -2.14. The molecule has 0 aliphatic carbocycles. The van der Waals surface area contributed by atoms with Crippen molar-refractivity contribution in [3.05, 3.63) is 53.1 Å². The van der Waals surface area contributed by atoms with E-state index < -0.39 is 10.0 Å². The first-order chi connectivity index (χ1) is 9.44. The van der Waals surface area contributed by atoms with Crippen LogP contribution in [0, 0.1) is 6.92 Å². The number of thioether (sulfide) groups is 1. The molecule has 0 radical (unpaired) electrons. The SMILES string of the molecule is CSc1ccccc1NS(=O)(=O)c1cc(Cl)ccc1C. The van der Waals surface area contributed by atoms with E-state index in [1.54, 1.807) is 31.2 Å². The summed E-state index contributed by atoms with van der Waals surface area (Å²) in [6, 6.07) is 12.1. The van der Waals surface area contributed by atoms with E-state index in [-0.39, 0.29) is 4.90 Å². The number of benzene rings is 2. The van der Waals surface area contributed by atoms with Crippen LogP contribution in [0.5, 0.6) is 0 Å². The van der Waals surface area contributed by atoms with Crippen molar-refractivity contribution in [2.45, 2.75) is 16.7 Å². The van der Waals surface area contributed by atoms with Gasteiger partial charge in [0.15, 0.2) is 0 Å². The normalized spacial score (nSPS) is 11.3. The maximum Gasteiger partial charge on any atom is 0.262 e. The minimum absolute atomic E-state index is 0.195. The summed E-state index contributed by atoms with van der Waals surface area (Å²) in [6.45, 7) is 1.74. The monoisotopic (exact) mass is 327 g/mol. The fourth-order valence-corrected chi connectivity index (χ4v) is 4.00. The van der Waals surface area contributed by atoms with Crippen molar-refractivity contribution in [1.82, 2.24) is 0 Å². The molecule has 0 atom stereocenters. The van der Waals surface area contributed by atoms with E-state index >= 15 is 0 Å². The second kappa shape index (κ2) is 6.08. The Hall–Kier alpha value is -1.17. The van der Waals surface area contributed by atoms with E-state index in [1.165, 1.54) is 17.8 Å². The molecule has 106 valence electrons. The standard InChI is InChI=1S/C14H14ClNO2S2/c1-10-7-8-11(15)9-14(10)20(17,18)16-12-5-3-4-6-13(12)19-2/h3-9,16H,1-2H3. The van der Waals surface area contributed by atoms with Gasteiger partial charge in [-0.3, -0.25) is 4.72 Å². The van der Waals surface area contributed by atoms with E-state index in [1.807, 2.05) is 18.4 Å². The van der Waals surface area contributed by atoms with Crippen LogP contribution in [0.15, 0.2) is 52.3 Å². The van der Waals surface area contributed by atoms with E-state index in [0.29, 0.717) is 16.3 Å². The molecule has 2 rings (SSSR count). The number of para-hydroxylation sites is 1. The van der Waals surface area contributed by atoms with Gasteiger partial charge in [-0.1, -0.05) is 29.8 Å². The number of hydrogen-bond acceptors (Lipinski definition) is 3. The van der Waals surface area contributed by atoms with Gasteiger partial charge in [0, 0.05) is 9.92 Å². The Morgan fingerprint density at radius 2 is 1.85 bits per heavy atom. The summed E-state index contributed by atoms with van der Waals surface area (Å²) in [5.74, 6) is 0. The number of hydrogen-bond donors (Lipinski definition) is 1. The molecule has 0 saturated heterocycles. The molecule has 0 fully saturated rings. The van der Waals surface area contributed by atoms with E-state index in [9.17, 15) is 8.42 Å². The molecular formula is C14H14ClNO2S2. The summed E-state index contributed by atoms with van der Waals surface area (Å²) < 4.78 is 27.5. The average molecular weight is 328 g/mol. The number of anilines is 1. The summed E-state index contributed by atoms with van der Waals surface area (Å²) >= 11 is 7.37. The quantitative estimate of drug-likeness (QED) is 0.857. The highest BCUT2D eigenvalue weighted by molar-refractivity contribution is 7.99. The van der Waals surface area contributed by atoms with Crippen LogP contribution in [0.2, 0.25) is 5.02 Å². The van der Waals surface area contributed by atoms with Crippen molar-refractivity contribution < 1.29 is 8.42 Å². The smallest absolute Gasteiger partial charge is 0.262 e. The molecule has 0 heterocycles. The van der Waals surface area contributed by atoms with Gasteiger partial charge in [0.2, 0.25) is 0 Å². The fraction of sp³-hybridized carbons (Fsp3) is 0.143. The average Bonchev–Trinajstić information content (AvgIpc) is 2.41. The maximum atomic E-state index is 12.5. The number of sulfonamides is 1. The topological polar surface area (TPSA) is 46.2 Å². The molecule has 2 aromatic carbocycles. The first-order valence-corrected chi connectivity index (χ1v) is 8.94. The Kier molecular flexibility index (Phi) is 4.62. The summed E-state index contributed by atoms with van der Waals surface area (Å²) in [5, 5.41) is 0.397. The van der Waals surface area contributed by atoms with Crippen molar-refractivity contribution in [3.63, 3.8) is 0 Å². The second-order valence-corrected chi connectivity index (χ2v) is 7.15. The van der Waals surface area contributed by atoms with Crippen LogP contribution in [0.1, 0.15) is 5.56 Å². The predicted molar refractivity (Wildman–Crippen MR) is 85.2 cm³/mol. The van der Waals surface area contributed by atoms with Gasteiger partial charge < -0.3 is 0 Å². The summed E-state index contributed by atoms with van der Waals surface area (Å²) in [4.78, 5) is 1.07. The summed E-state index contributed by atoms with van der Waals surface area (Å²) in [7, 11) is -3.65. The molecule has 3 nitrogen and oxygen atoms in total. The molecule has 0 unspecified atom stereocenters. The third-order valence-corrected chi connectivity index (χ3v) is 5.33. The van der Waals surface area contributed by atoms with Crippen LogP contribution in [0.4, 0.5) is 5.69 Å². The summed E-state index contributed by atoms with van der Waals surface area (Å²) in [6.07, 6.45) is 1.90. The van der Waals surface area contributed by atoms with Gasteiger partial charge in [-0.05, 0) is 43.0 Å². The molecule has 20 heavy (non-hydrogen) atoms. The molecule has 0 amide bonds. The van der Waals surface area contributed by atoms with Gasteiger partial charge in [-0.15, -0.1) is 11.8 Å². The predicted octanol–water partition coefficient (Wildman–Crippen LogP) is 4.17. The van der Waals surface area contributed by atoms with Crippen molar-refractivity contribution in [2.24, 2.45) is 0 Å². The van der Waals surface area contributed by atoms with E-state index in [0.717, 1.165) is 4.90 Å². The molecule has 1 N–H and O–H groups in total. The van der Waals surface area contributed by atoms with Gasteiger partial charge >= 0.3 is 0 Å². The van der Waals surface area contributed by atoms with Gasteiger partial charge in [-0.2, -0.15) is 0 Å². The minimum atomic E-state index is -3.65. The van der Waals surface area contributed by atoms with Crippen LogP contribution >= 0.6 is 23.4 Å². The van der Waals surface area contributed by atoms with Crippen LogP contribution in [0.25, 0.3) is 0 Å². The van der Waals surface area contributed by atoms with Crippen molar-refractivity contribution in [1.29, 1.82) is 0 Å². The number of rotatable bonds is 4. The second-order valence-electron chi connectivity index (χ2n) is 4.22. The maximum absolute atomic E-state index is 12.5. The number of halogens is 1.